The molecule has 21 heavy (non-hydrogen) atoms. The highest BCUT2D eigenvalue weighted by atomic mass is 79.9. The van der Waals surface area contributed by atoms with Crippen LogP contribution in [0.3, 0.4) is 0 Å². The van der Waals surface area contributed by atoms with Crippen LogP contribution >= 0.6 is 31.9 Å². The zero-order valence-electron chi connectivity index (χ0n) is 13.2. The van der Waals surface area contributed by atoms with Gasteiger partial charge in [-0.25, -0.2) is 0 Å². The number of benzene rings is 1. The van der Waals surface area contributed by atoms with Gasteiger partial charge in [0.1, 0.15) is 0 Å². The predicted octanol–water partition coefficient (Wildman–Crippen LogP) is 7.13. The summed E-state index contributed by atoms with van der Waals surface area (Å²) in [5, 5.41) is 0. The first-order chi connectivity index (χ1) is 10.1. The highest BCUT2D eigenvalue weighted by Crippen LogP contribution is 2.28. The molecule has 0 aliphatic carbocycles. The number of hydrogen-bond acceptors (Lipinski definition) is 1. The van der Waals surface area contributed by atoms with Crippen LogP contribution in [0.25, 0.3) is 0 Å². The molecule has 0 radical (unpaired) electrons. The van der Waals surface area contributed by atoms with Crippen LogP contribution in [-0.4, -0.2) is 0 Å². The van der Waals surface area contributed by atoms with Crippen molar-refractivity contribution in [2.75, 3.05) is 0 Å². The fourth-order valence-corrected chi connectivity index (χ4v) is 3.55. The topological polar surface area (TPSA) is 26.0 Å². The first-order valence-corrected chi connectivity index (χ1v) is 9.94. The molecule has 1 aromatic carbocycles. The van der Waals surface area contributed by atoms with E-state index in [-0.39, 0.29) is 6.04 Å². The lowest BCUT2D eigenvalue weighted by molar-refractivity contribution is 0.531. The predicted molar refractivity (Wildman–Crippen MR) is 101 cm³/mol. The van der Waals surface area contributed by atoms with Gasteiger partial charge < -0.3 is 5.73 Å². The molecular formula is C18H29Br2N. The SMILES string of the molecule is CCCCCCCCCCCC(N)c1cc(Br)ccc1Br. The molecular weight excluding hydrogens is 390 g/mol. The highest BCUT2D eigenvalue weighted by Gasteiger charge is 2.10. The lowest BCUT2D eigenvalue weighted by Crippen LogP contribution is -2.10. The van der Waals surface area contributed by atoms with Crippen LogP contribution < -0.4 is 5.73 Å². The quantitative estimate of drug-likeness (QED) is 0.380. The van der Waals surface area contributed by atoms with Crippen LogP contribution in [0.1, 0.15) is 82.7 Å². The van der Waals surface area contributed by atoms with Crippen molar-refractivity contribution in [3.05, 3.63) is 32.7 Å². The Bertz CT molecular complexity index is 393. The highest BCUT2D eigenvalue weighted by molar-refractivity contribution is 9.11. The minimum Gasteiger partial charge on any atom is -0.324 e. The van der Waals surface area contributed by atoms with Crippen molar-refractivity contribution < 1.29 is 0 Å². The van der Waals surface area contributed by atoms with E-state index in [0.29, 0.717) is 0 Å². The summed E-state index contributed by atoms with van der Waals surface area (Å²) in [6.45, 7) is 2.27. The van der Waals surface area contributed by atoms with Gasteiger partial charge in [0.2, 0.25) is 0 Å². The van der Waals surface area contributed by atoms with Crippen molar-refractivity contribution >= 4 is 31.9 Å². The van der Waals surface area contributed by atoms with E-state index in [1.807, 2.05) is 6.07 Å². The number of halogens is 2. The average molecular weight is 419 g/mol. The standard InChI is InChI=1S/C18H29Br2N/c1-2-3-4-5-6-7-8-9-10-11-18(21)16-14-15(19)12-13-17(16)20/h12-14,18H,2-11,21H2,1H3. The summed E-state index contributed by atoms with van der Waals surface area (Å²) >= 11 is 7.11. The van der Waals surface area contributed by atoms with Gasteiger partial charge in [-0.15, -0.1) is 0 Å². The Kier molecular flexibility index (Phi) is 10.7. The van der Waals surface area contributed by atoms with Gasteiger partial charge in [-0.1, -0.05) is 96.6 Å². The zero-order valence-corrected chi connectivity index (χ0v) is 16.4. The van der Waals surface area contributed by atoms with Gasteiger partial charge >= 0.3 is 0 Å². The second-order valence-corrected chi connectivity index (χ2v) is 7.66. The molecule has 1 rings (SSSR count). The van der Waals surface area contributed by atoms with E-state index in [1.165, 1.54) is 63.4 Å². The number of unbranched alkanes of at least 4 members (excludes halogenated alkanes) is 8. The summed E-state index contributed by atoms with van der Waals surface area (Å²) in [4.78, 5) is 0. The Balaban J connectivity index is 2.11. The molecule has 120 valence electrons. The molecule has 0 saturated carbocycles. The molecule has 0 aliphatic heterocycles. The third kappa shape index (κ3) is 8.37. The minimum absolute atomic E-state index is 0.140. The molecule has 0 heterocycles. The molecule has 0 fully saturated rings. The van der Waals surface area contributed by atoms with Gasteiger partial charge in [0, 0.05) is 15.0 Å². The van der Waals surface area contributed by atoms with E-state index >= 15 is 0 Å². The van der Waals surface area contributed by atoms with E-state index in [2.05, 4.69) is 50.9 Å². The maximum atomic E-state index is 6.31. The summed E-state index contributed by atoms with van der Waals surface area (Å²) < 4.78 is 2.22. The lowest BCUT2D eigenvalue weighted by Gasteiger charge is -2.14. The third-order valence-corrected chi connectivity index (χ3v) is 5.19. The number of hydrogen-bond donors (Lipinski definition) is 1. The molecule has 0 spiro atoms. The van der Waals surface area contributed by atoms with Gasteiger partial charge in [-0.05, 0) is 30.2 Å². The van der Waals surface area contributed by atoms with Crippen molar-refractivity contribution in [2.24, 2.45) is 5.73 Å². The van der Waals surface area contributed by atoms with Gasteiger partial charge in [0.05, 0.1) is 0 Å². The molecule has 0 aliphatic rings. The van der Waals surface area contributed by atoms with Crippen molar-refractivity contribution in [3.63, 3.8) is 0 Å². The molecule has 0 saturated heterocycles. The molecule has 0 amide bonds. The maximum absolute atomic E-state index is 6.31. The van der Waals surface area contributed by atoms with E-state index in [1.54, 1.807) is 0 Å². The third-order valence-electron chi connectivity index (χ3n) is 3.98. The Hall–Kier alpha value is 0.140. The molecule has 1 nitrogen and oxygen atoms in total. The fourth-order valence-electron chi connectivity index (χ4n) is 2.63. The summed E-state index contributed by atoms with van der Waals surface area (Å²) in [5.74, 6) is 0. The van der Waals surface area contributed by atoms with Gasteiger partial charge in [0.15, 0.2) is 0 Å². The Morgan fingerprint density at radius 3 is 2.10 bits per heavy atom. The van der Waals surface area contributed by atoms with Crippen molar-refractivity contribution in [3.8, 4) is 0 Å². The van der Waals surface area contributed by atoms with Gasteiger partial charge in [0.25, 0.3) is 0 Å². The molecule has 1 atom stereocenters. The van der Waals surface area contributed by atoms with Crippen LogP contribution in [0.4, 0.5) is 0 Å². The van der Waals surface area contributed by atoms with Crippen molar-refractivity contribution in [1.29, 1.82) is 0 Å². The molecule has 0 aromatic heterocycles. The first-order valence-electron chi connectivity index (χ1n) is 8.35. The van der Waals surface area contributed by atoms with E-state index in [0.717, 1.165) is 15.4 Å². The Morgan fingerprint density at radius 1 is 0.905 bits per heavy atom. The van der Waals surface area contributed by atoms with Crippen molar-refractivity contribution in [1.82, 2.24) is 0 Å². The van der Waals surface area contributed by atoms with E-state index in [4.69, 9.17) is 5.73 Å². The van der Waals surface area contributed by atoms with Crippen molar-refractivity contribution in [2.45, 2.75) is 77.2 Å². The summed E-state index contributed by atoms with van der Waals surface area (Å²) in [7, 11) is 0. The van der Waals surface area contributed by atoms with E-state index in [9.17, 15) is 0 Å². The van der Waals surface area contributed by atoms with Crippen LogP contribution in [0.5, 0.6) is 0 Å². The number of rotatable bonds is 11. The summed E-state index contributed by atoms with van der Waals surface area (Å²) in [6.07, 6.45) is 13.3. The first kappa shape index (κ1) is 19.2. The Morgan fingerprint density at radius 2 is 1.48 bits per heavy atom. The van der Waals surface area contributed by atoms with E-state index < -0.39 is 0 Å². The molecule has 1 unspecified atom stereocenters. The van der Waals surface area contributed by atoms with Crippen LogP contribution in [0.15, 0.2) is 27.1 Å². The monoisotopic (exact) mass is 417 g/mol. The van der Waals surface area contributed by atoms with Crippen LogP contribution in [-0.2, 0) is 0 Å². The van der Waals surface area contributed by atoms with Crippen LogP contribution in [0.2, 0.25) is 0 Å². The molecule has 3 heteroatoms. The summed E-state index contributed by atoms with van der Waals surface area (Å²) in [6, 6.07) is 6.37. The molecule has 0 bridgehead atoms. The normalized spacial score (nSPS) is 12.6. The fraction of sp³-hybridized carbons (Fsp3) is 0.667. The zero-order chi connectivity index (χ0) is 15.5. The number of nitrogens with two attached hydrogens (primary N) is 1. The average Bonchev–Trinajstić information content (AvgIpc) is 2.48. The second-order valence-electron chi connectivity index (χ2n) is 5.89. The van der Waals surface area contributed by atoms with Gasteiger partial charge in [-0.2, -0.15) is 0 Å². The van der Waals surface area contributed by atoms with Crippen LogP contribution in [0, 0.1) is 0 Å². The second kappa shape index (κ2) is 11.7. The minimum atomic E-state index is 0.140. The smallest absolute Gasteiger partial charge is 0.0306 e. The molecule has 1 aromatic rings. The lowest BCUT2D eigenvalue weighted by atomic mass is 10.00. The largest absolute Gasteiger partial charge is 0.324 e. The maximum Gasteiger partial charge on any atom is 0.0306 e. The molecule has 2 N–H and O–H groups in total. The van der Waals surface area contributed by atoms with Gasteiger partial charge in [-0.3, -0.25) is 0 Å². The Labute approximate surface area is 147 Å². The summed E-state index contributed by atoms with van der Waals surface area (Å²) in [5.41, 5.74) is 7.52.